The van der Waals surface area contributed by atoms with Crippen LogP contribution < -0.4 is 4.74 Å². The van der Waals surface area contributed by atoms with E-state index in [1.54, 1.807) is 0 Å². The van der Waals surface area contributed by atoms with E-state index in [9.17, 15) is 4.79 Å². The van der Waals surface area contributed by atoms with Crippen molar-refractivity contribution in [2.24, 2.45) is 0 Å². The van der Waals surface area contributed by atoms with Crippen molar-refractivity contribution in [2.45, 2.75) is 25.7 Å². The molecule has 138 valence electrons. The van der Waals surface area contributed by atoms with Crippen LogP contribution >= 0.6 is 0 Å². The van der Waals surface area contributed by atoms with Gasteiger partial charge in [-0.3, -0.25) is 4.79 Å². The molecule has 1 N–H and O–H groups in total. The van der Waals surface area contributed by atoms with E-state index in [2.05, 4.69) is 54.6 Å². The first-order valence-corrected chi connectivity index (χ1v) is 9.32. The first kappa shape index (κ1) is 18.7. The zero-order valence-electron chi connectivity index (χ0n) is 15.3. The van der Waals surface area contributed by atoms with Crippen molar-refractivity contribution in [1.29, 1.82) is 0 Å². The van der Waals surface area contributed by atoms with Gasteiger partial charge in [0.2, 0.25) is 0 Å². The third kappa shape index (κ3) is 6.00. The second kappa shape index (κ2) is 9.58. The average Bonchev–Trinajstić information content (AvgIpc) is 2.69. The fraction of sp³-hybridized carbons (Fsp3) is 0.208. The van der Waals surface area contributed by atoms with Gasteiger partial charge in [-0.1, -0.05) is 60.7 Å². The van der Waals surface area contributed by atoms with Gasteiger partial charge in [0.1, 0.15) is 5.75 Å². The Labute approximate surface area is 159 Å². The maximum absolute atomic E-state index is 10.5. The van der Waals surface area contributed by atoms with E-state index in [-0.39, 0.29) is 6.42 Å². The predicted octanol–water partition coefficient (Wildman–Crippen LogP) is 6.03. The maximum atomic E-state index is 10.5. The number of benzene rings is 3. The molecule has 3 aromatic rings. The van der Waals surface area contributed by atoms with Crippen LogP contribution in [0.4, 0.5) is 0 Å². The van der Waals surface area contributed by atoms with Crippen molar-refractivity contribution < 1.29 is 14.6 Å². The molecule has 0 heterocycles. The summed E-state index contributed by atoms with van der Waals surface area (Å²) in [5, 5.41) is 11.1. The molecule has 0 aliphatic heterocycles. The molecule has 0 bridgehead atoms. The molecule has 3 rings (SSSR count). The Morgan fingerprint density at radius 1 is 0.815 bits per heavy atom. The Hall–Kier alpha value is -3.07. The van der Waals surface area contributed by atoms with Crippen molar-refractivity contribution in [3.05, 3.63) is 77.9 Å². The van der Waals surface area contributed by atoms with Crippen LogP contribution in [0.15, 0.2) is 66.7 Å². The molecule has 0 aromatic heterocycles. The van der Waals surface area contributed by atoms with Gasteiger partial charge in [-0.15, -0.1) is 0 Å². The first-order valence-electron chi connectivity index (χ1n) is 9.32. The van der Waals surface area contributed by atoms with Crippen LogP contribution in [0.1, 0.15) is 36.8 Å². The molecule has 3 nitrogen and oxygen atoms in total. The summed E-state index contributed by atoms with van der Waals surface area (Å²) < 4.78 is 5.71. The lowest BCUT2D eigenvalue weighted by Crippen LogP contribution is -1.99. The molecule has 0 saturated heterocycles. The minimum Gasteiger partial charge on any atom is -0.494 e. The summed E-state index contributed by atoms with van der Waals surface area (Å²) in [6.07, 6.45) is 6.90. The number of ether oxygens (including phenoxy) is 1. The Kier molecular flexibility index (Phi) is 6.64. The summed E-state index contributed by atoms with van der Waals surface area (Å²) in [6, 6.07) is 22.8. The van der Waals surface area contributed by atoms with Gasteiger partial charge in [-0.05, 0) is 59.4 Å². The normalized spacial score (nSPS) is 11.1. The van der Waals surface area contributed by atoms with Crippen LogP contribution in [-0.2, 0) is 4.79 Å². The van der Waals surface area contributed by atoms with E-state index < -0.39 is 5.97 Å². The molecule has 0 unspecified atom stereocenters. The van der Waals surface area contributed by atoms with Crippen LogP contribution in [0.2, 0.25) is 0 Å². The van der Waals surface area contributed by atoms with Crippen LogP contribution in [0.3, 0.4) is 0 Å². The van der Waals surface area contributed by atoms with Gasteiger partial charge in [-0.25, -0.2) is 0 Å². The van der Waals surface area contributed by atoms with E-state index in [1.807, 2.05) is 24.3 Å². The van der Waals surface area contributed by atoms with Crippen LogP contribution in [-0.4, -0.2) is 17.7 Å². The van der Waals surface area contributed by atoms with Gasteiger partial charge in [-0.2, -0.15) is 0 Å². The Balaban J connectivity index is 1.49. The van der Waals surface area contributed by atoms with E-state index in [1.165, 1.54) is 16.3 Å². The minimum atomic E-state index is -0.733. The third-order valence-corrected chi connectivity index (χ3v) is 4.43. The van der Waals surface area contributed by atoms with Crippen molar-refractivity contribution >= 4 is 28.9 Å². The summed E-state index contributed by atoms with van der Waals surface area (Å²) in [7, 11) is 0. The van der Waals surface area contributed by atoms with E-state index in [0.29, 0.717) is 13.0 Å². The Morgan fingerprint density at radius 2 is 1.52 bits per heavy atom. The number of hydrogen-bond donors (Lipinski definition) is 1. The highest BCUT2D eigenvalue weighted by Gasteiger charge is 1.98. The van der Waals surface area contributed by atoms with Crippen molar-refractivity contribution in [2.75, 3.05) is 6.61 Å². The molecule has 27 heavy (non-hydrogen) atoms. The molecule has 0 atom stereocenters. The molecule has 0 spiro atoms. The zero-order valence-corrected chi connectivity index (χ0v) is 15.3. The molecule has 0 fully saturated rings. The number of carboxylic acids is 1. The number of aliphatic carboxylic acids is 1. The lowest BCUT2D eigenvalue weighted by atomic mass is 10.1. The van der Waals surface area contributed by atoms with Gasteiger partial charge in [0.05, 0.1) is 6.61 Å². The highest BCUT2D eigenvalue weighted by Crippen LogP contribution is 2.19. The largest absolute Gasteiger partial charge is 0.494 e. The Morgan fingerprint density at radius 3 is 2.30 bits per heavy atom. The molecule has 0 aliphatic rings. The fourth-order valence-electron chi connectivity index (χ4n) is 2.92. The number of unbranched alkanes of at least 4 members (excludes halogenated alkanes) is 2. The number of carbonyl (C=O) groups is 1. The van der Waals surface area contributed by atoms with Crippen LogP contribution in [0.25, 0.3) is 22.9 Å². The number of rotatable bonds is 9. The van der Waals surface area contributed by atoms with Gasteiger partial charge in [0.15, 0.2) is 0 Å². The lowest BCUT2D eigenvalue weighted by molar-refractivity contribution is -0.137. The number of hydrogen-bond acceptors (Lipinski definition) is 2. The monoisotopic (exact) mass is 360 g/mol. The number of fused-ring (bicyclic) bond motifs is 1. The van der Waals surface area contributed by atoms with Crippen molar-refractivity contribution in [3.8, 4) is 5.75 Å². The molecular formula is C24H24O3. The maximum Gasteiger partial charge on any atom is 0.303 e. The molecular weight excluding hydrogens is 336 g/mol. The van der Waals surface area contributed by atoms with Gasteiger partial charge in [0.25, 0.3) is 0 Å². The fourth-order valence-corrected chi connectivity index (χ4v) is 2.92. The summed E-state index contributed by atoms with van der Waals surface area (Å²) in [5.41, 5.74) is 2.30. The van der Waals surface area contributed by atoms with E-state index >= 15 is 0 Å². The predicted molar refractivity (Wildman–Crippen MR) is 111 cm³/mol. The van der Waals surface area contributed by atoms with Crippen molar-refractivity contribution in [3.63, 3.8) is 0 Å². The molecule has 3 aromatic carbocycles. The Bertz CT molecular complexity index is 910. The zero-order chi connectivity index (χ0) is 18.9. The molecule has 0 radical (unpaired) electrons. The SMILES string of the molecule is O=C(O)CCCCCOc1ccc(/C=C/c2ccc3ccccc3c2)cc1. The summed E-state index contributed by atoms with van der Waals surface area (Å²) in [4.78, 5) is 10.5. The summed E-state index contributed by atoms with van der Waals surface area (Å²) >= 11 is 0. The molecule has 0 amide bonds. The molecule has 0 aliphatic carbocycles. The highest BCUT2D eigenvalue weighted by molar-refractivity contribution is 5.85. The van der Waals surface area contributed by atoms with E-state index in [4.69, 9.17) is 9.84 Å². The third-order valence-electron chi connectivity index (χ3n) is 4.43. The topological polar surface area (TPSA) is 46.5 Å². The van der Waals surface area contributed by atoms with Gasteiger partial charge < -0.3 is 9.84 Å². The quantitative estimate of drug-likeness (QED) is 0.374. The highest BCUT2D eigenvalue weighted by atomic mass is 16.5. The second-order valence-corrected chi connectivity index (χ2v) is 6.56. The standard InChI is InChI=1S/C24H24O3/c25-24(26)8-2-1-5-17-27-23-15-12-19(13-16-23)9-10-20-11-14-21-6-3-4-7-22(21)18-20/h3-4,6-7,9-16,18H,1-2,5,8,17H2,(H,25,26)/b10-9+. The average molecular weight is 360 g/mol. The summed E-state index contributed by atoms with van der Waals surface area (Å²) in [6.45, 7) is 0.617. The first-order chi connectivity index (χ1) is 13.2. The summed E-state index contributed by atoms with van der Waals surface area (Å²) in [5.74, 6) is 0.111. The van der Waals surface area contributed by atoms with Gasteiger partial charge >= 0.3 is 5.97 Å². The number of carboxylic acid groups (broad SMARTS) is 1. The molecule has 0 saturated carbocycles. The minimum absolute atomic E-state index is 0.234. The lowest BCUT2D eigenvalue weighted by Gasteiger charge is -2.06. The smallest absolute Gasteiger partial charge is 0.303 e. The molecule has 3 heteroatoms. The second-order valence-electron chi connectivity index (χ2n) is 6.56. The van der Waals surface area contributed by atoms with Crippen LogP contribution in [0, 0.1) is 0 Å². The van der Waals surface area contributed by atoms with Crippen LogP contribution in [0.5, 0.6) is 5.75 Å². The van der Waals surface area contributed by atoms with E-state index in [0.717, 1.165) is 24.2 Å². The van der Waals surface area contributed by atoms with Gasteiger partial charge in [0, 0.05) is 6.42 Å². The van der Waals surface area contributed by atoms with Crippen molar-refractivity contribution in [1.82, 2.24) is 0 Å².